The van der Waals surface area contributed by atoms with E-state index in [1.54, 1.807) is 11.1 Å². The number of aryl methyl sites for hydroxylation is 2. The van der Waals surface area contributed by atoms with Gasteiger partial charge in [0, 0.05) is 18.6 Å². The number of fused-ring (bicyclic) bond motifs is 1. The van der Waals surface area contributed by atoms with Crippen LogP contribution in [-0.4, -0.2) is 31.1 Å². The van der Waals surface area contributed by atoms with E-state index in [9.17, 15) is 0 Å². The first kappa shape index (κ1) is 14.1. The molecule has 2 unspecified atom stereocenters. The third-order valence-electron chi connectivity index (χ3n) is 4.98. The maximum Gasteiger partial charge on any atom is 0.0294 e. The Bertz CT molecular complexity index is 455. The Balaban J connectivity index is 1.66. The van der Waals surface area contributed by atoms with Crippen LogP contribution >= 0.6 is 0 Å². The SMILES string of the molecule is CC(NC1CCCN(C)C1)c1ccc2c(c1)CCCC2. The van der Waals surface area contributed by atoms with Gasteiger partial charge in [-0.05, 0) is 75.7 Å². The molecule has 1 aromatic rings. The van der Waals surface area contributed by atoms with Gasteiger partial charge in [-0.1, -0.05) is 18.2 Å². The molecule has 110 valence electrons. The van der Waals surface area contributed by atoms with Crippen LogP contribution in [0.2, 0.25) is 0 Å². The quantitative estimate of drug-likeness (QED) is 0.908. The topological polar surface area (TPSA) is 15.3 Å². The smallest absolute Gasteiger partial charge is 0.0294 e. The molecule has 1 N–H and O–H groups in total. The molecule has 2 nitrogen and oxygen atoms in total. The zero-order valence-electron chi connectivity index (χ0n) is 13.0. The van der Waals surface area contributed by atoms with E-state index in [4.69, 9.17) is 0 Å². The zero-order chi connectivity index (χ0) is 13.9. The summed E-state index contributed by atoms with van der Waals surface area (Å²) in [5, 5.41) is 3.83. The standard InChI is InChI=1S/C18H28N2/c1-14(19-18-8-5-11-20(2)13-18)16-10-9-15-6-3-4-7-17(15)12-16/h9-10,12,14,18-19H,3-8,11,13H2,1-2H3. The summed E-state index contributed by atoms with van der Waals surface area (Å²) in [4.78, 5) is 2.45. The second-order valence-electron chi connectivity index (χ2n) is 6.73. The Labute approximate surface area is 123 Å². The van der Waals surface area contributed by atoms with Crippen molar-refractivity contribution in [3.8, 4) is 0 Å². The summed E-state index contributed by atoms with van der Waals surface area (Å²) in [5.41, 5.74) is 4.66. The lowest BCUT2D eigenvalue weighted by Gasteiger charge is -2.32. The van der Waals surface area contributed by atoms with Crippen LogP contribution in [0.1, 0.15) is 55.3 Å². The van der Waals surface area contributed by atoms with Gasteiger partial charge in [-0.15, -0.1) is 0 Å². The van der Waals surface area contributed by atoms with E-state index in [0.29, 0.717) is 12.1 Å². The number of hydrogen-bond donors (Lipinski definition) is 1. The van der Waals surface area contributed by atoms with Crippen LogP contribution in [0.25, 0.3) is 0 Å². The van der Waals surface area contributed by atoms with Crippen molar-refractivity contribution >= 4 is 0 Å². The predicted octanol–water partition coefficient (Wildman–Crippen LogP) is 3.31. The molecule has 2 heteroatoms. The summed E-state index contributed by atoms with van der Waals surface area (Å²) in [6, 6.07) is 8.29. The minimum absolute atomic E-state index is 0.471. The second kappa shape index (κ2) is 6.28. The van der Waals surface area contributed by atoms with Crippen molar-refractivity contribution < 1.29 is 0 Å². The summed E-state index contributed by atoms with van der Waals surface area (Å²) >= 11 is 0. The maximum absolute atomic E-state index is 3.83. The van der Waals surface area contributed by atoms with E-state index < -0.39 is 0 Å². The van der Waals surface area contributed by atoms with Gasteiger partial charge in [0.05, 0.1) is 0 Å². The van der Waals surface area contributed by atoms with Crippen LogP contribution in [0, 0.1) is 0 Å². The highest BCUT2D eigenvalue weighted by Gasteiger charge is 2.20. The minimum atomic E-state index is 0.471. The minimum Gasteiger partial charge on any atom is -0.306 e. The molecule has 0 aromatic heterocycles. The van der Waals surface area contributed by atoms with Crippen LogP contribution in [0.4, 0.5) is 0 Å². The van der Waals surface area contributed by atoms with Crippen molar-refractivity contribution in [3.05, 3.63) is 34.9 Å². The molecule has 2 aliphatic rings. The highest BCUT2D eigenvalue weighted by Crippen LogP contribution is 2.25. The lowest BCUT2D eigenvalue weighted by Crippen LogP contribution is -2.44. The van der Waals surface area contributed by atoms with Crippen LogP contribution < -0.4 is 5.32 Å². The van der Waals surface area contributed by atoms with Crippen LogP contribution in [0.5, 0.6) is 0 Å². The average molecular weight is 272 g/mol. The first-order valence-electron chi connectivity index (χ1n) is 8.28. The molecule has 0 radical (unpaired) electrons. The van der Waals surface area contributed by atoms with Crippen molar-refractivity contribution in [3.63, 3.8) is 0 Å². The molecule has 1 aliphatic carbocycles. The largest absolute Gasteiger partial charge is 0.306 e. The van der Waals surface area contributed by atoms with E-state index in [-0.39, 0.29) is 0 Å². The molecule has 1 aromatic carbocycles. The molecule has 0 amide bonds. The first-order valence-corrected chi connectivity index (χ1v) is 8.28. The zero-order valence-corrected chi connectivity index (χ0v) is 13.0. The van der Waals surface area contributed by atoms with Gasteiger partial charge in [0.2, 0.25) is 0 Å². The molecule has 0 spiro atoms. The summed E-state index contributed by atoms with van der Waals surface area (Å²) in [6.07, 6.45) is 7.94. The van der Waals surface area contributed by atoms with Crippen molar-refractivity contribution in [2.75, 3.05) is 20.1 Å². The maximum atomic E-state index is 3.83. The van der Waals surface area contributed by atoms with Gasteiger partial charge in [-0.2, -0.15) is 0 Å². The Morgan fingerprint density at radius 2 is 1.95 bits per heavy atom. The van der Waals surface area contributed by atoms with Gasteiger partial charge >= 0.3 is 0 Å². The molecule has 0 saturated carbocycles. The molecule has 2 atom stereocenters. The number of likely N-dealkylation sites (N-methyl/N-ethyl adjacent to an activating group) is 1. The Hall–Kier alpha value is -0.860. The van der Waals surface area contributed by atoms with Gasteiger partial charge in [0.15, 0.2) is 0 Å². The van der Waals surface area contributed by atoms with Crippen molar-refractivity contribution in [2.45, 2.75) is 57.5 Å². The number of likely N-dealkylation sites (tertiary alicyclic amines) is 1. The van der Waals surface area contributed by atoms with E-state index in [1.807, 2.05) is 0 Å². The highest BCUT2D eigenvalue weighted by atomic mass is 15.1. The second-order valence-corrected chi connectivity index (χ2v) is 6.73. The molecule has 1 saturated heterocycles. The Kier molecular flexibility index (Phi) is 4.42. The number of hydrogen-bond acceptors (Lipinski definition) is 2. The van der Waals surface area contributed by atoms with Gasteiger partial charge in [-0.3, -0.25) is 0 Å². The molecule has 3 rings (SSSR count). The van der Waals surface area contributed by atoms with Crippen molar-refractivity contribution in [1.29, 1.82) is 0 Å². The summed E-state index contributed by atoms with van der Waals surface area (Å²) in [5.74, 6) is 0. The summed E-state index contributed by atoms with van der Waals surface area (Å²) < 4.78 is 0. The lowest BCUT2D eigenvalue weighted by molar-refractivity contribution is 0.218. The van der Waals surface area contributed by atoms with E-state index in [2.05, 4.69) is 42.4 Å². The molecule has 0 bridgehead atoms. The van der Waals surface area contributed by atoms with E-state index in [1.165, 1.54) is 57.2 Å². The number of nitrogens with zero attached hydrogens (tertiary/aromatic N) is 1. The molecule has 1 heterocycles. The number of nitrogens with one attached hydrogen (secondary N) is 1. The molecule has 1 aliphatic heterocycles. The molecular formula is C18H28N2. The summed E-state index contributed by atoms with van der Waals surface area (Å²) in [6.45, 7) is 4.76. The Morgan fingerprint density at radius 3 is 2.75 bits per heavy atom. The Morgan fingerprint density at radius 1 is 1.15 bits per heavy atom. The average Bonchev–Trinajstić information content (AvgIpc) is 2.47. The third-order valence-corrected chi connectivity index (χ3v) is 4.98. The van der Waals surface area contributed by atoms with E-state index in [0.717, 1.165) is 0 Å². The van der Waals surface area contributed by atoms with Crippen molar-refractivity contribution in [1.82, 2.24) is 10.2 Å². The molecular weight excluding hydrogens is 244 g/mol. The van der Waals surface area contributed by atoms with Crippen LogP contribution in [-0.2, 0) is 12.8 Å². The number of piperidine rings is 1. The number of rotatable bonds is 3. The fraction of sp³-hybridized carbons (Fsp3) is 0.667. The monoisotopic (exact) mass is 272 g/mol. The van der Waals surface area contributed by atoms with Gasteiger partial charge in [-0.25, -0.2) is 0 Å². The molecule has 20 heavy (non-hydrogen) atoms. The van der Waals surface area contributed by atoms with Gasteiger partial charge in [0.25, 0.3) is 0 Å². The third kappa shape index (κ3) is 3.24. The van der Waals surface area contributed by atoms with Crippen LogP contribution in [0.3, 0.4) is 0 Å². The normalized spacial score (nSPS) is 25.2. The van der Waals surface area contributed by atoms with Crippen LogP contribution in [0.15, 0.2) is 18.2 Å². The van der Waals surface area contributed by atoms with Gasteiger partial charge < -0.3 is 10.2 Å². The summed E-state index contributed by atoms with van der Waals surface area (Å²) in [7, 11) is 2.23. The fourth-order valence-corrected chi connectivity index (χ4v) is 3.77. The van der Waals surface area contributed by atoms with Crippen molar-refractivity contribution in [2.24, 2.45) is 0 Å². The van der Waals surface area contributed by atoms with E-state index >= 15 is 0 Å². The number of benzene rings is 1. The van der Waals surface area contributed by atoms with Gasteiger partial charge in [0.1, 0.15) is 0 Å². The highest BCUT2D eigenvalue weighted by molar-refractivity contribution is 5.35. The first-order chi connectivity index (χ1) is 9.72. The fourth-order valence-electron chi connectivity index (χ4n) is 3.77. The molecule has 1 fully saturated rings. The lowest BCUT2D eigenvalue weighted by atomic mass is 9.89. The predicted molar refractivity (Wildman–Crippen MR) is 85.2 cm³/mol.